The number of rotatable bonds is 5. The molecule has 4 atom stereocenters. The fourth-order valence-corrected chi connectivity index (χ4v) is 5.68. The monoisotopic (exact) mass is 474 g/mol. The molecule has 0 bridgehead atoms. The summed E-state index contributed by atoms with van der Waals surface area (Å²) in [7, 11) is 0. The van der Waals surface area contributed by atoms with Crippen LogP contribution in [0.4, 0.5) is 5.69 Å². The van der Waals surface area contributed by atoms with Crippen molar-refractivity contribution in [1.29, 1.82) is 0 Å². The van der Waals surface area contributed by atoms with Crippen LogP contribution in [0.2, 0.25) is 0 Å². The summed E-state index contributed by atoms with van der Waals surface area (Å²) < 4.78 is 0. The maximum Gasteiger partial charge on any atom is 0.221 e. The first-order valence-electron chi connectivity index (χ1n) is 12.1. The van der Waals surface area contributed by atoms with Crippen molar-refractivity contribution in [3.63, 3.8) is 0 Å². The zero-order chi connectivity index (χ0) is 24.7. The molecule has 5 rings (SSSR count). The number of aromatic nitrogens is 2. The fourth-order valence-electron chi connectivity index (χ4n) is 5.68. The molecule has 0 spiro atoms. The number of hydrogen-bond donors (Lipinski definition) is 4. The predicted octanol–water partition coefficient (Wildman–Crippen LogP) is 2.40. The lowest BCUT2D eigenvalue weighted by atomic mass is 9.78. The number of nitrogens with one attached hydrogen (secondary N) is 1. The molecule has 9 heteroatoms. The molecule has 0 saturated carbocycles. The molecule has 0 radical (unpaired) electrons. The quantitative estimate of drug-likeness (QED) is 0.417. The van der Waals surface area contributed by atoms with Crippen molar-refractivity contribution >= 4 is 22.5 Å². The van der Waals surface area contributed by atoms with Crippen molar-refractivity contribution in [2.75, 3.05) is 18.0 Å². The number of primary amides is 1. The average Bonchev–Trinajstić information content (AvgIpc) is 3.34. The Labute approximate surface area is 205 Å². The van der Waals surface area contributed by atoms with Crippen LogP contribution in [-0.4, -0.2) is 50.9 Å². The number of hydrogen-bond acceptors (Lipinski definition) is 7. The third kappa shape index (κ3) is 4.05. The highest BCUT2D eigenvalue weighted by Gasteiger charge is 2.47. The third-order valence-electron chi connectivity index (χ3n) is 7.86. The number of H-pyrrole nitrogens is 1. The van der Waals surface area contributed by atoms with Crippen LogP contribution in [0.1, 0.15) is 38.3 Å². The van der Waals surface area contributed by atoms with Crippen LogP contribution in [0.3, 0.4) is 0 Å². The fraction of sp³-hybridized carbons (Fsp3) is 0.385. The normalized spacial score (nSPS) is 26.6. The Balaban J connectivity index is 1.48. The molecule has 9 nitrogen and oxygen atoms in total. The summed E-state index contributed by atoms with van der Waals surface area (Å²) in [5, 5.41) is 9.85. The summed E-state index contributed by atoms with van der Waals surface area (Å²) in [5.41, 5.74) is 16.1. The van der Waals surface area contributed by atoms with E-state index in [1.165, 1.54) is 5.56 Å². The SMILES string of the molecule is C[C@@H](c1ccccc1)N1C[C@@H](C(N)=O)CC[C@]1(C)C1=CCN(c2ccc3cn[nH]c3c2)C(N)N1N. The summed E-state index contributed by atoms with van der Waals surface area (Å²) in [6.45, 7) is 5.57. The van der Waals surface area contributed by atoms with Crippen LogP contribution in [0.5, 0.6) is 0 Å². The minimum absolute atomic E-state index is 0.0645. The highest BCUT2D eigenvalue weighted by molar-refractivity contribution is 5.82. The van der Waals surface area contributed by atoms with Gasteiger partial charge in [-0.05, 0) is 56.5 Å². The lowest BCUT2D eigenvalue weighted by Crippen LogP contribution is -2.66. The van der Waals surface area contributed by atoms with E-state index in [0.29, 0.717) is 19.5 Å². The number of benzene rings is 2. The highest BCUT2D eigenvalue weighted by atomic mass is 16.1. The van der Waals surface area contributed by atoms with Gasteiger partial charge in [-0.15, -0.1) is 0 Å². The Morgan fingerprint density at radius 3 is 2.74 bits per heavy atom. The van der Waals surface area contributed by atoms with Gasteiger partial charge >= 0.3 is 0 Å². The molecular formula is C26H34N8O. The van der Waals surface area contributed by atoms with E-state index in [2.05, 4.69) is 52.1 Å². The molecule has 2 aromatic carbocycles. The lowest BCUT2D eigenvalue weighted by molar-refractivity contribution is -0.125. The molecule has 7 N–H and O–H groups in total. The second-order valence-electron chi connectivity index (χ2n) is 9.86. The summed E-state index contributed by atoms with van der Waals surface area (Å²) in [4.78, 5) is 16.6. The smallest absolute Gasteiger partial charge is 0.221 e. The van der Waals surface area contributed by atoms with Crippen molar-refractivity contribution < 1.29 is 4.79 Å². The Morgan fingerprint density at radius 2 is 2.00 bits per heavy atom. The number of carbonyl (C=O) groups excluding carboxylic acids is 1. The van der Waals surface area contributed by atoms with Gasteiger partial charge in [0.2, 0.25) is 5.91 Å². The Hall–Kier alpha value is -3.40. The summed E-state index contributed by atoms with van der Waals surface area (Å²) in [5.74, 6) is 6.26. The molecule has 35 heavy (non-hydrogen) atoms. The zero-order valence-corrected chi connectivity index (χ0v) is 20.3. The Kier molecular flexibility index (Phi) is 6.00. The van der Waals surface area contributed by atoms with E-state index in [-0.39, 0.29) is 17.9 Å². The first kappa shape index (κ1) is 23.3. The molecule has 1 unspecified atom stereocenters. The maximum absolute atomic E-state index is 12.1. The van der Waals surface area contributed by atoms with E-state index in [1.54, 1.807) is 11.2 Å². The van der Waals surface area contributed by atoms with Gasteiger partial charge in [-0.25, -0.2) is 5.84 Å². The molecular weight excluding hydrogens is 440 g/mol. The lowest BCUT2D eigenvalue weighted by Gasteiger charge is -2.55. The molecule has 3 heterocycles. The molecule has 1 fully saturated rings. The minimum atomic E-state index is -0.546. The topological polar surface area (TPSA) is 134 Å². The van der Waals surface area contributed by atoms with Crippen LogP contribution in [0, 0.1) is 5.92 Å². The van der Waals surface area contributed by atoms with Gasteiger partial charge in [0, 0.05) is 30.2 Å². The number of fused-ring (bicyclic) bond motifs is 1. The van der Waals surface area contributed by atoms with Gasteiger partial charge in [0.25, 0.3) is 0 Å². The number of aromatic amines is 1. The average molecular weight is 475 g/mol. The molecule has 1 saturated heterocycles. The van der Waals surface area contributed by atoms with Crippen molar-refractivity contribution in [2.24, 2.45) is 23.2 Å². The van der Waals surface area contributed by atoms with E-state index < -0.39 is 11.8 Å². The van der Waals surface area contributed by atoms with Gasteiger partial charge in [0.05, 0.1) is 28.9 Å². The van der Waals surface area contributed by atoms with Gasteiger partial charge in [-0.1, -0.05) is 30.3 Å². The molecule has 2 aliphatic rings. The Morgan fingerprint density at radius 1 is 1.23 bits per heavy atom. The van der Waals surface area contributed by atoms with Crippen molar-refractivity contribution in [3.05, 3.63) is 72.1 Å². The van der Waals surface area contributed by atoms with Crippen LogP contribution in [0.15, 0.2) is 66.5 Å². The van der Waals surface area contributed by atoms with Crippen LogP contribution in [-0.2, 0) is 4.79 Å². The van der Waals surface area contributed by atoms with Gasteiger partial charge < -0.3 is 10.6 Å². The number of hydrazine groups is 1. The zero-order valence-electron chi connectivity index (χ0n) is 20.3. The first-order chi connectivity index (χ1) is 16.8. The van der Waals surface area contributed by atoms with E-state index in [4.69, 9.17) is 17.3 Å². The number of anilines is 1. The number of amides is 1. The number of nitrogens with two attached hydrogens (primary N) is 3. The number of piperidine rings is 1. The maximum atomic E-state index is 12.1. The van der Waals surface area contributed by atoms with Crippen LogP contribution >= 0.6 is 0 Å². The summed E-state index contributed by atoms with van der Waals surface area (Å²) in [6, 6.07) is 16.5. The van der Waals surface area contributed by atoms with Crippen molar-refractivity contribution in [1.82, 2.24) is 20.1 Å². The Bertz CT molecular complexity index is 1240. The minimum Gasteiger partial charge on any atom is -0.369 e. The number of likely N-dealkylation sites (tertiary alicyclic amines) is 1. The molecule has 1 aromatic heterocycles. The number of nitrogens with zero attached hydrogens (tertiary/aromatic N) is 4. The van der Waals surface area contributed by atoms with Crippen LogP contribution < -0.4 is 22.2 Å². The first-order valence-corrected chi connectivity index (χ1v) is 12.1. The molecule has 2 aliphatic heterocycles. The van der Waals surface area contributed by atoms with Crippen molar-refractivity contribution in [3.8, 4) is 0 Å². The predicted molar refractivity (Wildman–Crippen MR) is 137 cm³/mol. The second-order valence-corrected chi connectivity index (χ2v) is 9.86. The third-order valence-corrected chi connectivity index (χ3v) is 7.86. The van der Waals surface area contributed by atoms with E-state index in [1.807, 2.05) is 36.4 Å². The summed E-state index contributed by atoms with van der Waals surface area (Å²) in [6.07, 6.45) is 4.88. The van der Waals surface area contributed by atoms with E-state index in [0.717, 1.165) is 28.7 Å². The van der Waals surface area contributed by atoms with Gasteiger partial charge in [0.15, 0.2) is 6.29 Å². The largest absolute Gasteiger partial charge is 0.369 e. The van der Waals surface area contributed by atoms with Crippen LogP contribution in [0.25, 0.3) is 10.9 Å². The molecule has 1 amide bonds. The second kappa shape index (κ2) is 8.99. The molecule has 3 aromatic rings. The van der Waals surface area contributed by atoms with Gasteiger partial charge in [0.1, 0.15) is 0 Å². The van der Waals surface area contributed by atoms with Crippen molar-refractivity contribution in [2.45, 2.75) is 44.6 Å². The van der Waals surface area contributed by atoms with Gasteiger partial charge in [-0.2, -0.15) is 5.10 Å². The molecule has 0 aliphatic carbocycles. The standard InChI is InChI=1S/C26H34N8O/c1-17(18-6-4-3-5-7-18)33-16-20(24(27)35)10-12-26(33,2)23-11-13-32(25(28)34(23)29)21-9-8-19-15-30-31-22(19)14-21/h3-9,11,14-15,17,20,25H,10,12-13,16,28-29H2,1-2H3,(H2,27,35)(H,30,31)/t17-,20-,25?,26+/m0/s1. The van der Waals surface area contributed by atoms with E-state index in [9.17, 15) is 4.79 Å². The number of carbonyl (C=O) groups is 1. The highest BCUT2D eigenvalue weighted by Crippen LogP contribution is 2.43. The van der Waals surface area contributed by atoms with Gasteiger partial charge in [-0.3, -0.25) is 25.5 Å². The van der Waals surface area contributed by atoms with E-state index >= 15 is 0 Å². The molecule has 184 valence electrons. The summed E-state index contributed by atoms with van der Waals surface area (Å²) >= 11 is 0.